The van der Waals surface area contributed by atoms with Gasteiger partial charge in [-0.2, -0.15) is 4.31 Å². The van der Waals surface area contributed by atoms with E-state index < -0.39 is 14.8 Å². The van der Waals surface area contributed by atoms with Gasteiger partial charge in [0.15, 0.2) is 0 Å². The normalized spacial score (nSPS) is 19.8. The van der Waals surface area contributed by atoms with Gasteiger partial charge in [-0.25, -0.2) is 8.42 Å². The van der Waals surface area contributed by atoms with Crippen LogP contribution in [0.15, 0.2) is 0 Å². The van der Waals surface area contributed by atoms with Gasteiger partial charge in [0.25, 0.3) is 0 Å². The number of sulfonamides is 1. The summed E-state index contributed by atoms with van der Waals surface area (Å²) in [4.78, 5) is 0. The lowest BCUT2D eigenvalue weighted by molar-refractivity contribution is 0.196. The van der Waals surface area contributed by atoms with Crippen molar-refractivity contribution >= 4 is 10.0 Å². The standard InChI is InChI=1S/C12H25NO3S/c1-12(2,3)17(15,16)13(9-10-14)11-7-5-4-6-8-11/h11,14H,4-10H2,1-3H3. The van der Waals surface area contributed by atoms with Crippen LogP contribution in [-0.4, -0.2) is 41.8 Å². The van der Waals surface area contributed by atoms with E-state index in [1.54, 1.807) is 20.8 Å². The first kappa shape index (κ1) is 14.9. The van der Waals surface area contributed by atoms with Crippen LogP contribution in [0.1, 0.15) is 52.9 Å². The number of hydrogen-bond acceptors (Lipinski definition) is 3. The molecular formula is C12H25NO3S. The van der Waals surface area contributed by atoms with Crippen molar-refractivity contribution in [1.29, 1.82) is 0 Å². The molecule has 1 fully saturated rings. The third kappa shape index (κ3) is 3.42. The van der Waals surface area contributed by atoms with E-state index >= 15 is 0 Å². The van der Waals surface area contributed by atoms with Crippen LogP contribution >= 0.6 is 0 Å². The van der Waals surface area contributed by atoms with Gasteiger partial charge in [-0.1, -0.05) is 19.3 Å². The SMILES string of the molecule is CC(C)(C)S(=O)(=O)N(CCO)C1CCCCC1. The summed E-state index contributed by atoms with van der Waals surface area (Å²) in [5.41, 5.74) is 0. The van der Waals surface area contributed by atoms with Gasteiger partial charge < -0.3 is 5.11 Å². The third-order valence-electron chi connectivity index (χ3n) is 3.38. The molecule has 0 radical (unpaired) electrons. The molecule has 1 N–H and O–H groups in total. The minimum Gasteiger partial charge on any atom is -0.395 e. The Labute approximate surface area is 105 Å². The van der Waals surface area contributed by atoms with Gasteiger partial charge in [-0.3, -0.25) is 0 Å². The van der Waals surface area contributed by atoms with Crippen LogP contribution < -0.4 is 0 Å². The summed E-state index contributed by atoms with van der Waals surface area (Å²) in [6.45, 7) is 5.27. The Morgan fingerprint density at radius 1 is 1.18 bits per heavy atom. The zero-order valence-electron chi connectivity index (χ0n) is 11.1. The Balaban J connectivity index is 2.92. The van der Waals surface area contributed by atoms with Crippen LogP contribution in [0.4, 0.5) is 0 Å². The van der Waals surface area contributed by atoms with Gasteiger partial charge in [0, 0.05) is 12.6 Å². The lowest BCUT2D eigenvalue weighted by Gasteiger charge is -2.37. The molecule has 0 heterocycles. The van der Waals surface area contributed by atoms with Crippen molar-refractivity contribution in [2.45, 2.75) is 63.7 Å². The van der Waals surface area contributed by atoms with Gasteiger partial charge in [0.2, 0.25) is 10.0 Å². The first-order chi connectivity index (χ1) is 7.80. The highest BCUT2D eigenvalue weighted by molar-refractivity contribution is 7.90. The highest BCUT2D eigenvalue weighted by Crippen LogP contribution is 2.29. The number of nitrogens with zero attached hydrogens (tertiary/aromatic N) is 1. The van der Waals surface area contributed by atoms with Gasteiger partial charge in [-0.15, -0.1) is 0 Å². The Bertz CT molecular complexity index is 326. The molecule has 0 amide bonds. The van der Waals surface area contributed by atoms with Crippen molar-refractivity contribution in [3.8, 4) is 0 Å². The maximum atomic E-state index is 12.5. The number of rotatable bonds is 4. The number of hydrogen-bond donors (Lipinski definition) is 1. The highest BCUT2D eigenvalue weighted by Gasteiger charge is 2.38. The summed E-state index contributed by atoms with van der Waals surface area (Å²) in [5, 5.41) is 9.09. The maximum Gasteiger partial charge on any atom is 0.219 e. The predicted octanol–water partition coefficient (Wildman–Crippen LogP) is 1.74. The second-order valence-corrected chi connectivity index (χ2v) is 8.39. The molecule has 1 saturated carbocycles. The minimum atomic E-state index is -3.33. The second-order valence-electron chi connectivity index (χ2n) is 5.74. The molecule has 0 unspecified atom stereocenters. The van der Waals surface area contributed by atoms with Crippen LogP contribution in [0.5, 0.6) is 0 Å². The molecule has 0 aromatic rings. The van der Waals surface area contributed by atoms with Crippen LogP contribution in [0.2, 0.25) is 0 Å². The average Bonchev–Trinajstić information content (AvgIpc) is 2.25. The zero-order valence-corrected chi connectivity index (χ0v) is 12.0. The smallest absolute Gasteiger partial charge is 0.219 e. The average molecular weight is 263 g/mol. The second kappa shape index (κ2) is 5.67. The van der Waals surface area contributed by atoms with Gasteiger partial charge in [0.05, 0.1) is 11.4 Å². The summed E-state index contributed by atoms with van der Waals surface area (Å²) in [6, 6.07) is 0.0834. The van der Waals surface area contributed by atoms with E-state index in [1.807, 2.05) is 0 Å². The summed E-state index contributed by atoms with van der Waals surface area (Å²) in [7, 11) is -3.33. The van der Waals surface area contributed by atoms with E-state index in [1.165, 1.54) is 10.7 Å². The van der Waals surface area contributed by atoms with Crippen LogP contribution in [0.3, 0.4) is 0 Å². The molecule has 0 spiro atoms. The Hall–Kier alpha value is -0.130. The van der Waals surface area contributed by atoms with E-state index in [0.29, 0.717) is 0 Å². The summed E-state index contributed by atoms with van der Waals surface area (Å²) < 4.78 is 25.7. The van der Waals surface area contributed by atoms with Gasteiger partial charge in [0.1, 0.15) is 0 Å². The van der Waals surface area contributed by atoms with Gasteiger partial charge >= 0.3 is 0 Å². The lowest BCUT2D eigenvalue weighted by Crippen LogP contribution is -2.49. The number of aliphatic hydroxyl groups excluding tert-OH is 1. The van der Waals surface area contributed by atoms with Crippen molar-refractivity contribution < 1.29 is 13.5 Å². The topological polar surface area (TPSA) is 57.6 Å². The molecule has 1 aliphatic rings. The zero-order chi connectivity index (χ0) is 13.1. The largest absolute Gasteiger partial charge is 0.395 e. The van der Waals surface area contributed by atoms with Crippen molar-refractivity contribution in [3.05, 3.63) is 0 Å². The molecule has 0 aromatic heterocycles. The van der Waals surface area contributed by atoms with Crippen LogP contribution in [-0.2, 0) is 10.0 Å². The minimum absolute atomic E-state index is 0.0834. The molecule has 4 nitrogen and oxygen atoms in total. The van der Waals surface area contributed by atoms with Gasteiger partial charge in [-0.05, 0) is 33.6 Å². The van der Waals surface area contributed by atoms with E-state index in [9.17, 15) is 8.42 Å². The van der Waals surface area contributed by atoms with Crippen molar-refractivity contribution in [2.24, 2.45) is 0 Å². The van der Waals surface area contributed by atoms with E-state index in [2.05, 4.69) is 0 Å². The molecule has 0 atom stereocenters. The van der Waals surface area contributed by atoms with Crippen LogP contribution in [0, 0.1) is 0 Å². The summed E-state index contributed by atoms with van der Waals surface area (Å²) in [5.74, 6) is 0. The molecular weight excluding hydrogens is 238 g/mol. The summed E-state index contributed by atoms with van der Waals surface area (Å²) >= 11 is 0. The first-order valence-corrected chi connectivity index (χ1v) is 7.87. The van der Waals surface area contributed by atoms with E-state index in [0.717, 1.165) is 25.7 Å². The Morgan fingerprint density at radius 2 is 1.71 bits per heavy atom. The fourth-order valence-corrected chi connectivity index (χ4v) is 3.95. The molecule has 0 bridgehead atoms. The molecule has 17 heavy (non-hydrogen) atoms. The molecule has 0 aliphatic heterocycles. The maximum absolute atomic E-state index is 12.5. The molecule has 1 rings (SSSR count). The molecule has 5 heteroatoms. The van der Waals surface area contributed by atoms with Crippen molar-refractivity contribution in [1.82, 2.24) is 4.31 Å². The molecule has 0 saturated heterocycles. The fourth-order valence-electron chi connectivity index (χ4n) is 2.32. The predicted molar refractivity (Wildman–Crippen MR) is 69.3 cm³/mol. The monoisotopic (exact) mass is 263 g/mol. The summed E-state index contributed by atoms with van der Waals surface area (Å²) in [6.07, 6.45) is 5.22. The molecule has 102 valence electrons. The third-order valence-corrected chi connectivity index (χ3v) is 6.03. The quantitative estimate of drug-likeness (QED) is 0.840. The molecule has 1 aliphatic carbocycles. The Morgan fingerprint density at radius 3 is 2.12 bits per heavy atom. The van der Waals surface area contributed by atoms with Crippen molar-refractivity contribution in [3.63, 3.8) is 0 Å². The fraction of sp³-hybridized carbons (Fsp3) is 1.00. The van der Waals surface area contributed by atoms with Crippen LogP contribution in [0.25, 0.3) is 0 Å². The van der Waals surface area contributed by atoms with Crippen molar-refractivity contribution in [2.75, 3.05) is 13.2 Å². The molecule has 0 aromatic carbocycles. The van der Waals surface area contributed by atoms with E-state index in [4.69, 9.17) is 5.11 Å². The van der Waals surface area contributed by atoms with E-state index in [-0.39, 0.29) is 19.2 Å². The first-order valence-electron chi connectivity index (χ1n) is 6.43. The number of aliphatic hydroxyl groups is 1. The lowest BCUT2D eigenvalue weighted by atomic mass is 9.95. The Kier molecular flexibility index (Phi) is 4.98. The highest BCUT2D eigenvalue weighted by atomic mass is 32.2.